The summed E-state index contributed by atoms with van der Waals surface area (Å²) >= 11 is 0. The van der Waals surface area contributed by atoms with Gasteiger partial charge in [-0.05, 0) is 51.7 Å². The van der Waals surface area contributed by atoms with Gasteiger partial charge in [0, 0.05) is 0 Å². The van der Waals surface area contributed by atoms with E-state index in [0.29, 0.717) is 0 Å². The Morgan fingerprint density at radius 2 is 0.913 bits per heavy atom. The molecule has 0 amide bonds. The van der Waals surface area contributed by atoms with Crippen LogP contribution in [0.2, 0.25) is 0 Å². The number of carbonyl (C=O) groups is 2. The van der Waals surface area contributed by atoms with Gasteiger partial charge in [-0.3, -0.25) is 9.59 Å². The van der Waals surface area contributed by atoms with E-state index in [-0.39, 0.29) is 42.6 Å². The smallest absolute Gasteiger partial charge is 0.876 e. The zero-order chi connectivity index (χ0) is 17.4. The molecule has 0 heterocycles. The summed E-state index contributed by atoms with van der Waals surface area (Å²) in [5.74, 6) is -0.750. The molecule has 0 bridgehead atoms. The quantitative estimate of drug-likeness (QED) is 0.305. The summed E-state index contributed by atoms with van der Waals surface area (Å²) < 4.78 is 0. The van der Waals surface area contributed by atoms with E-state index in [4.69, 9.17) is 0 Å². The van der Waals surface area contributed by atoms with Crippen molar-refractivity contribution in [2.45, 2.75) is 53.4 Å². The minimum absolute atomic E-state index is 0. The van der Waals surface area contributed by atoms with Crippen LogP contribution in [0.25, 0.3) is 0 Å². The first-order valence-electron chi connectivity index (χ1n) is 7.27. The third-order valence-corrected chi connectivity index (χ3v) is 2.15. The van der Waals surface area contributed by atoms with Crippen LogP contribution in [0.3, 0.4) is 0 Å². The molecule has 0 aromatic carbocycles. The molecule has 0 spiro atoms. The van der Waals surface area contributed by atoms with Crippen molar-refractivity contribution < 1.29 is 39.3 Å². The van der Waals surface area contributed by atoms with E-state index >= 15 is 0 Å². The Balaban J connectivity index is -0.000000257. The van der Waals surface area contributed by atoms with Crippen molar-refractivity contribution in [2.24, 2.45) is 0 Å². The number of carbonyl (C=O) groups excluding carboxylic acids is 2. The minimum atomic E-state index is -0.187. The fourth-order valence-corrected chi connectivity index (χ4v) is 1.43. The van der Waals surface area contributed by atoms with Gasteiger partial charge in [0.05, 0.1) is 0 Å². The molecule has 0 atom stereocenters. The van der Waals surface area contributed by atoms with Gasteiger partial charge in [0.15, 0.2) is 11.6 Å². The summed E-state index contributed by atoms with van der Waals surface area (Å²) in [6.07, 6.45) is 16.1. The minimum Gasteiger partial charge on any atom is -0.876 e. The van der Waals surface area contributed by atoms with Crippen molar-refractivity contribution in [3.8, 4) is 0 Å². The molecule has 0 saturated carbocycles. The molecule has 4 nitrogen and oxygen atoms in total. The van der Waals surface area contributed by atoms with Gasteiger partial charge < -0.3 is 10.2 Å². The first kappa shape index (κ1) is 26.4. The summed E-state index contributed by atoms with van der Waals surface area (Å²) in [5, 5.41) is 20.0. The zero-order valence-corrected chi connectivity index (χ0v) is 16.0. The van der Waals surface area contributed by atoms with Crippen LogP contribution in [0.4, 0.5) is 0 Å². The summed E-state index contributed by atoms with van der Waals surface area (Å²) in [6, 6.07) is 0. The Hall–Kier alpha value is -1.48. The van der Waals surface area contributed by atoms with Gasteiger partial charge in [0.2, 0.25) is 0 Å². The van der Waals surface area contributed by atoms with Crippen LogP contribution in [0, 0.1) is 0 Å². The summed E-state index contributed by atoms with van der Waals surface area (Å²) in [5.41, 5.74) is 0. The number of allylic oxidation sites excluding steroid dienone is 8. The van der Waals surface area contributed by atoms with E-state index in [2.05, 4.69) is 24.3 Å². The van der Waals surface area contributed by atoms with E-state index in [1.54, 1.807) is 0 Å². The van der Waals surface area contributed by atoms with Crippen molar-refractivity contribution in [2.75, 3.05) is 0 Å². The van der Waals surface area contributed by atoms with Gasteiger partial charge in [0.25, 0.3) is 0 Å². The number of ketones is 2. The standard InChI is InChI=1S/C8H12.2C5H8O2.Ru/c1-2-4-6-8-7-5-3-1;2*1-4(6)3-5(2)7;/h1-2,7-8H,3-6H2;2*3,6H,1-2H3;/q;;;+2/p-2/b2-1-,8-7-;2*4-3-;. The van der Waals surface area contributed by atoms with E-state index in [1.165, 1.54) is 53.4 Å². The fourth-order valence-electron chi connectivity index (χ4n) is 1.43. The summed E-state index contributed by atoms with van der Waals surface area (Å²) in [7, 11) is 0. The SMILES string of the molecule is C1=C\CC/C=C\CC/1.CC(=O)/C=C(/C)[O-].CC(=O)/C=C(/C)[O-].[Ru+2]. The van der Waals surface area contributed by atoms with Gasteiger partial charge >= 0.3 is 19.5 Å². The van der Waals surface area contributed by atoms with Crippen molar-refractivity contribution in [1.29, 1.82) is 0 Å². The van der Waals surface area contributed by atoms with Crippen LogP contribution in [0.15, 0.2) is 48.0 Å². The van der Waals surface area contributed by atoms with Crippen LogP contribution >= 0.6 is 0 Å². The largest absolute Gasteiger partial charge is 2.00 e. The second-order valence-corrected chi connectivity index (χ2v) is 4.83. The monoisotopic (exact) mass is 408 g/mol. The van der Waals surface area contributed by atoms with E-state index in [0.717, 1.165) is 12.2 Å². The van der Waals surface area contributed by atoms with Crippen LogP contribution in [-0.2, 0) is 29.1 Å². The third kappa shape index (κ3) is 33.4. The van der Waals surface area contributed by atoms with Crippen LogP contribution < -0.4 is 10.2 Å². The van der Waals surface area contributed by atoms with Crippen molar-refractivity contribution >= 4 is 11.6 Å². The Morgan fingerprint density at radius 1 is 0.696 bits per heavy atom. The predicted molar refractivity (Wildman–Crippen MR) is 85.6 cm³/mol. The molecule has 0 fully saturated rings. The van der Waals surface area contributed by atoms with Gasteiger partial charge in [-0.2, -0.15) is 0 Å². The van der Waals surface area contributed by atoms with Crippen LogP contribution in [-0.4, -0.2) is 11.6 Å². The second kappa shape index (κ2) is 18.6. The third-order valence-electron chi connectivity index (χ3n) is 2.15. The molecule has 0 N–H and O–H groups in total. The molecule has 0 aromatic rings. The van der Waals surface area contributed by atoms with Gasteiger partial charge in [0.1, 0.15) is 0 Å². The molecule has 1 rings (SSSR count). The van der Waals surface area contributed by atoms with E-state index in [9.17, 15) is 19.8 Å². The molecular weight excluding hydrogens is 381 g/mol. The Morgan fingerprint density at radius 3 is 1.00 bits per heavy atom. The molecule has 0 aliphatic heterocycles. The molecule has 0 unspecified atom stereocenters. The number of hydrogen-bond donors (Lipinski definition) is 0. The predicted octanol–water partition coefficient (Wildman–Crippen LogP) is 2.35. The van der Waals surface area contributed by atoms with Crippen LogP contribution in [0.5, 0.6) is 0 Å². The van der Waals surface area contributed by atoms with E-state index in [1.807, 2.05) is 0 Å². The summed E-state index contributed by atoms with van der Waals surface area (Å²) in [6.45, 7) is 5.39. The van der Waals surface area contributed by atoms with Crippen molar-refractivity contribution in [3.05, 3.63) is 48.0 Å². The number of rotatable bonds is 2. The maximum Gasteiger partial charge on any atom is 2.00 e. The topological polar surface area (TPSA) is 80.3 Å². The maximum atomic E-state index is 9.98. The van der Waals surface area contributed by atoms with Gasteiger partial charge in [-0.15, -0.1) is 11.5 Å². The summed E-state index contributed by atoms with van der Waals surface area (Å²) in [4.78, 5) is 20.0. The molecule has 5 heteroatoms. The van der Waals surface area contributed by atoms with E-state index < -0.39 is 0 Å². The van der Waals surface area contributed by atoms with Crippen LogP contribution in [0.1, 0.15) is 53.4 Å². The maximum absolute atomic E-state index is 9.98. The fraction of sp³-hybridized carbons (Fsp3) is 0.444. The molecule has 0 saturated heterocycles. The normalized spacial score (nSPS) is 16.7. The van der Waals surface area contributed by atoms with Gasteiger partial charge in [-0.25, -0.2) is 0 Å². The Labute approximate surface area is 152 Å². The molecule has 0 radical (unpaired) electrons. The average molecular weight is 407 g/mol. The molecule has 23 heavy (non-hydrogen) atoms. The number of hydrogen-bond acceptors (Lipinski definition) is 4. The van der Waals surface area contributed by atoms with Gasteiger partial charge in [-0.1, -0.05) is 38.2 Å². The first-order valence-corrected chi connectivity index (χ1v) is 7.27. The second-order valence-electron chi connectivity index (χ2n) is 4.83. The molecular formula is C18H26O4Ru. The zero-order valence-electron chi connectivity index (χ0n) is 14.3. The van der Waals surface area contributed by atoms with Crippen molar-refractivity contribution in [1.82, 2.24) is 0 Å². The van der Waals surface area contributed by atoms with Crippen molar-refractivity contribution in [3.63, 3.8) is 0 Å². The Bertz CT molecular complexity index is 384. The average Bonchev–Trinajstić information content (AvgIpc) is 2.24. The molecule has 0 aromatic heterocycles. The first-order chi connectivity index (χ1) is 10.3. The molecule has 130 valence electrons. The molecule has 1 aliphatic carbocycles. The molecule has 1 aliphatic rings. The Kier molecular flexibility index (Phi) is 21.3.